The number of aromatic nitrogens is 2. The standard InChI is InChI=1S/C19H25N3O3/c1-5-22-14(4)18(13(3)21-22)19(24)20-16-10-7-15(8-11-16)9-12-17(23)25-6-2/h7-8,10-11H,5-6,9,12H2,1-4H3,(H,20,24). The van der Waals surface area contributed by atoms with Gasteiger partial charge in [0.25, 0.3) is 5.91 Å². The first-order valence-electron chi connectivity index (χ1n) is 8.56. The molecule has 1 heterocycles. The molecule has 0 saturated carbocycles. The van der Waals surface area contributed by atoms with Crippen LogP contribution in [0.1, 0.15) is 47.6 Å². The van der Waals surface area contributed by atoms with Crippen LogP contribution in [0.5, 0.6) is 0 Å². The summed E-state index contributed by atoms with van der Waals surface area (Å²) in [6, 6.07) is 7.49. The van der Waals surface area contributed by atoms with Crippen LogP contribution in [0.3, 0.4) is 0 Å². The van der Waals surface area contributed by atoms with E-state index < -0.39 is 0 Å². The van der Waals surface area contributed by atoms with E-state index in [0.29, 0.717) is 30.7 Å². The van der Waals surface area contributed by atoms with Gasteiger partial charge >= 0.3 is 5.97 Å². The maximum Gasteiger partial charge on any atom is 0.306 e. The second-order valence-corrected chi connectivity index (χ2v) is 5.82. The molecule has 0 aliphatic rings. The highest BCUT2D eigenvalue weighted by molar-refractivity contribution is 6.05. The molecule has 0 fully saturated rings. The summed E-state index contributed by atoms with van der Waals surface area (Å²) in [4.78, 5) is 23.9. The van der Waals surface area contributed by atoms with Crippen molar-refractivity contribution in [1.29, 1.82) is 0 Å². The van der Waals surface area contributed by atoms with E-state index in [1.165, 1.54) is 0 Å². The molecule has 25 heavy (non-hydrogen) atoms. The van der Waals surface area contributed by atoms with Gasteiger partial charge in [-0.25, -0.2) is 0 Å². The molecule has 1 aromatic heterocycles. The summed E-state index contributed by atoms with van der Waals surface area (Å²) in [7, 11) is 0. The molecule has 6 nitrogen and oxygen atoms in total. The van der Waals surface area contributed by atoms with E-state index >= 15 is 0 Å². The van der Waals surface area contributed by atoms with Crippen LogP contribution in [0.4, 0.5) is 5.69 Å². The van der Waals surface area contributed by atoms with Gasteiger partial charge in [-0.15, -0.1) is 0 Å². The van der Waals surface area contributed by atoms with Gasteiger partial charge in [0.2, 0.25) is 0 Å². The number of benzene rings is 1. The molecule has 1 aromatic carbocycles. The highest BCUT2D eigenvalue weighted by Crippen LogP contribution is 2.17. The molecule has 1 N–H and O–H groups in total. The predicted octanol–water partition coefficient (Wildman–Crippen LogP) is 3.27. The third-order valence-corrected chi connectivity index (χ3v) is 4.04. The Morgan fingerprint density at radius 3 is 2.40 bits per heavy atom. The maximum absolute atomic E-state index is 12.5. The third-order valence-electron chi connectivity index (χ3n) is 4.04. The van der Waals surface area contributed by atoms with Gasteiger partial charge in [-0.3, -0.25) is 14.3 Å². The number of carbonyl (C=O) groups excluding carboxylic acids is 2. The van der Waals surface area contributed by atoms with Gasteiger partial charge in [0, 0.05) is 24.3 Å². The number of carbonyl (C=O) groups is 2. The number of ether oxygens (including phenoxy) is 1. The lowest BCUT2D eigenvalue weighted by Crippen LogP contribution is -2.14. The Labute approximate surface area is 148 Å². The summed E-state index contributed by atoms with van der Waals surface area (Å²) in [5.74, 6) is -0.354. The fourth-order valence-electron chi connectivity index (χ4n) is 2.76. The lowest BCUT2D eigenvalue weighted by atomic mass is 10.1. The molecule has 0 bridgehead atoms. The number of hydrogen-bond acceptors (Lipinski definition) is 4. The highest BCUT2D eigenvalue weighted by Gasteiger charge is 2.18. The van der Waals surface area contributed by atoms with Crippen LogP contribution in [0.2, 0.25) is 0 Å². The Hall–Kier alpha value is -2.63. The topological polar surface area (TPSA) is 73.2 Å². The summed E-state index contributed by atoms with van der Waals surface area (Å²) >= 11 is 0. The minimum atomic E-state index is -0.196. The second-order valence-electron chi connectivity index (χ2n) is 5.82. The first kappa shape index (κ1) is 18.7. The molecule has 0 radical (unpaired) electrons. The van der Waals surface area contributed by atoms with E-state index in [4.69, 9.17) is 4.74 Å². The van der Waals surface area contributed by atoms with Crippen molar-refractivity contribution in [2.24, 2.45) is 0 Å². The average molecular weight is 343 g/mol. The van der Waals surface area contributed by atoms with Gasteiger partial charge in [0.15, 0.2) is 0 Å². The summed E-state index contributed by atoms with van der Waals surface area (Å²) in [6.07, 6.45) is 0.975. The van der Waals surface area contributed by atoms with E-state index in [1.807, 2.05) is 49.7 Å². The maximum atomic E-state index is 12.5. The number of rotatable bonds is 7. The van der Waals surface area contributed by atoms with Crippen molar-refractivity contribution in [3.63, 3.8) is 0 Å². The predicted molar refractivity (Wildman–Crippen MR) is 96.7 cm³/mol. The summed E-state index contributed by atoms with van der Waals surface area (Å²) < 4.78 is 6.74. The minimum Gasteiger partial charge on any atom is -0.466 e. The summed E-state index contributed by atoms with van der Waals surface area (Å²) in [6.45, 7) is 8.66. The van der Waals surface area contributed by atoms with Crippen molar-refractivity contribution in [2.45, 2.75) is 47.1 Å². The number of aryl methyl sites for hydroxylation is 3. The van der Waals surface area contributed by atoms with Crippen LogP contribution >= 0.6 is 0 Å². The molecular formula is C19H25N3O3. The van der Waals surface area contributed by atoms with Gasteiger partial charge in [-0.2, -0.15) is 5.10 Å². The number of nitrogens with zero attached hydrogens (tertiary/aromatic N) is 2. The van der Waals surface area contributed by atoms with E-state index in [1.54, 1.807) is 6.92 Å². The Morgan fingerprint density at radius 1 is 1.16 bits per heavy atom. The minimum absolute atomic E-state index is 0.158. The van der Waals surface area contributed by atoms with Crippen molar-refractivity contribution >= 4 is 17.6 Å². The Balaban J connectivity index is 2.00. The Bertz CT molecular complexity index is 748. The smallest absolute Gasteiger partial charge is 0.306 e. The molecule has 1 amide bonds. The molecule has 0 aliphatic carbocycles. The molecule has 0 spiro atoms. The van der Waals surface area contributed by atoms with E-state index in [-0.39, 0.29) is 11.9 Å². The van der Waals surface area contributed by atoms with Gasteiger partial charge in [0.1, 0.15) is 0 Å². The molecule has 0 saturated heterocycles. The molecule has 0 atom stereocenters. The Morgan fingerprint density at radius 2 is 1.84 bits per heavy atom. The number of anilines is 1. The van der Waals surface area contributed by atoms with E-state index in [9.17, 15) is 9.59 Å². The lowest BCUT2D eigenvalue weighted by molar-refractivity contribution is -0.143. The summed E-state index contributed by atoms with van der Waals surface area (Å²) in [5.41, 5.74) is 3.95. The van der Waals surface area contributed by atoms with Crippen LogP contribution in [-0.2, 0) is 22.5 Å². The number of esters is 1. The van der Waals surface area contributed by atoms with Crippen LogP contribution < -0.4 is 5.32 Å². The van der Waals surface area contributed by atoms with E-state index in [2.05, 4.69) is 10.4 Å². The van der Waals surface area contributed by atoms with Gasteiger partial charge in [-0.1, -0.05) is 12.1 Å². The first-order chi connectivity index (χ1) is 12.0. The van der Waals surface area contributed by atoms with Crippen LogP contribution in [0.15, 0.2) is 24.3 Å². The fraction of sp³-hybridized carbons (Fsp3) is 0.421. The molecule has 134 valence electrons. The highest BCUT2D eigenvalue weighted by atomic mass is 16.5. The van der Waals surface area contributed by atoms with Crippen molar-refractivity contribution in [1.82, 2.24) is 9.78 Å². The molecular weight excluding hydrogens is 318 g/mol. The van der Waals surface area contributed by atoms with Crippen molar-refractivity contribution < 1.29 is 14.3 Å². The zero-order valence-corrected chi connectivity index (χ0v) is 15.3. The van der Waals surface area contributed by atoms with Crippen LogP contribution in [0, 0.1) is 13.8 Å². The first-order valence-corrected chi connectivity index (χ1v) is 8.56. The van der Waals surface area contributed by atoms with E-state index in [0.717, 1.165) is 23.5 Å². The van der Waals surface area contributed by atoms with Gasteiger partial charge < -0.3 is 10.1 Å². The zero-order chi connectivity index (χ0) is 18.4. The lowest BCUT2D eigenvalue weighted by Gasteiger charge is -2.07. The molecule has 2 rings (SSSR count). The molecule has 2 aromatic rings. The molecule has 6 heteroatoms. The zero-order valence-electron chi connectivity index (χ0n) is 15.3. The number of amides is 1. The molecule has 0 aliphatic heterocycles. The largest absolute Gasteiger partial charge is 0.466 e. The quantitative estimate of drug-likeness (QED) is 0.783. The fourth-order valence-corrected chi connectivity index (χ4v) is 2.76. The van der Waals surface area contributed by atoms with Crippen molar-refractivity contribution in [2.75, 3.05) is 11.9 Å². The van der Waals surface area contributed by atoms with Crippen molar-refractivity contribution in [3.8, 4) is 0 Å². The summed E-state index contributed by atoms with van der Waals surface area (Å²) in [5, 5.41) is 7.28. The van der Waals surface area contributed by atoms with Gasteiger partial charge in [-0.05, 0) is 51.8 Å². The monoisotopic (exact) mass is 343 g/mol. The van der Waals surface area contributed by atoms with Crippen LogP contribution in [-0.4, -0.2) is 28.3 Å². The number of hydrogen-bond donors (Lipinski definition) is 1. The van der Waals surface area contributed by atoms with Crippen molar-refractivity contribution in [3.05, 3.63) is 46.8 Å². The van der Waals surface area contributed by atoms with Gasteiger partial charge in [0.05, 0.1) is 17.9 Å². The third kappa shape index (κ3) is 4.68. The SMILES string of the molecule is CCOC(=O)CCc1ccc(NC(=O)c2c(C)nn(CC)c2C)cc1. The average Bonchev–Trinajstić information content (AvgIpc) is 2.88. The van der Waals surface area contributed by atoms with Crippen LogP contribution in [0.25, 0.3) is 0 Å². The Kier molecular flexibility index (Phi) is 6.33. The molecule has 0 unspecified atom stereocenters. The second kappa shape index (κ2) is 8.46. The normalized spacial score (nSPS) is 10.6. The number of nitrogens with one attached hydrogen (secondary N) is 1.